The van der Waals surface area contributed by atoms with Crippen molar-refractivity contribution in [2.75, 3.05) is 0 Å². The molecule has 0 aliphatic rings. The minimum atomic E-state index is -0.334. The van der Waals surface area contributed by atoms with E-state index in [1.807, 2.05) is 98.3 Å². The van der Waals surface area contributed by atoms with Crippen LogP contribution in [0.15, 0.2) is 82.4 Å². The number of aryl methyl sites for hydroxylation is 3. The second-order valence-corrected chi connectivity index (χ2v) is 8.11. The smallest absolute Gasteiger partial charge is 0.336 e. The maximum absolute atomic E-state index is 13.7. The van der Waals surface area contributed by atoms with Crippen LogP contribution < -0.4 is 11.2 Å². The molecular weight excluding hydrogens is 386 g/mol. The Bertz CT molecular complexity index is 1550. The molecule has 0 atom stereocenters. The second kappa shape index (κ2) is 7.13. The molecule has 31 heavy (non-hydrogen) atoms. The topological polar surface area (TPSA) is 48.9 Å². The fourth-order valence-corrected chi connectivity index (χ4v) is 4.30. The van der Waals surface area contributed by atoms with Gasteiger partial charge < -0.3 is 4.57 Å². The highest BCUT2D eigenvalue weighted by Crippen LogP contribution is 2.27. The van der Waals surface area contributed by atoms with Crippen LogP contribution in [0.25, 0.3) is 27.6 Å². The van der Waals surface area contributed by atoms with Crippen LogP contribution in [-0.4, -0.2) is 13.7 Å². The monoisotopic (exact) mass is 409 g/mol. The standard InChI is InChI=1S/C26H23N3O2/c1-17-9-12-20(13-10-17)29-25(30)24-23(21-15-18(2)11-14-22(21)27(24)3)28(26(29)31)16-19-7-5-4-6-8-19/h4-15H,16H2,1-3H3. The molecule has 0 fully saturated rings. The van der Waals surface area contributed by atoms with E-state index in [2.05, 4.69) is 0 Å². The van der Waals surface area contributed by atoms with Gasteiger partial charge in [-0.05, 0) is 43.7 Å². The Morgan fingerprint density at radius 2 is 1.45 bits per heavy atom. The molecule has 0 radical (unpaired) electrons. The Kier molecular flexibility index (Phi) is 4.40. The normalized spacial score (nSPS) is 11.5. The van der Waals surface area contributed by atoms with Crippen LogP contribution in [0.3, 0.4) is 0 Å². The molecule has 0 N–H and O–H groups in total. The highest BCUT2D eigenvalue weighted by atomic mass is 16.2. The molecular formula is C26H23N3O2. The molecule has 3 aromatic carbocycles. The van der Waals surface area contributed by atoms with Crippen LogP contribution in [0.5, 0.6) is 0 Å². The van der Waals surface area contributed by atoms with E-state index in [0.717, 1.165) is 27.6 Å². The number of nitrogens with zero attached hydrogens (tertiary/aromatic N) is 3. The van der Waals surface area contributed by atoms with Crippen LogP contribution in [-0.2, 0) is 13.6 Å². The fourth-order valence-electron chi connectivity index (χ4n) is 4.30. The molecule has 0 bridgehead atoms. The Morgan fingerprint density at radius 1 is 0.774 bits per heavy atom. The molecule has 0 spiro atoms. The van der Waals surface area contributed by atoms with Gasteiger partial charge in [-0.1, -0.05) is 59.7 Å². The Balaban J connectivity index is 1.95. The molecule has 0 aliphatic carbocycles. The summed E-state index contributed by atoms with van der Waals surface area (Å²) in [5, 5.41) is 0.915. The van der Waals surface area contributed by atoms with Crippen molar-refractivity contribution >= 4 is 21.9 Å². The van der Waals surface area contributed by atoms with Gasteiger partial charge in [0.25, 0.3) is 5.56 Å². The van der Waals surface area contributed by atoms with Gasteiger partial charge in [0.15, 0.2) is 0 Å². The predicted octanol–water partition coefficient (Wildman–Crippen LogP) is 4.31. The van der Waals surface area contributed by atoms with Gasteiger partial charge in [-0.3, -0.25) is 9.36 Å². The molecule has 2 heterocycles. The average Bonchev–Trinajstić information content (AvgIpc) is 3.05. The molecule has 0 saturated carbocycles. The van der Waals surface area contributed by atoms with E-state index in [4.69, 9.17) is 0 Å². The third-order valence-corrected chi connectivity index (χ3v) is 5.90. The summed E-state index contributed by atoms with van der Waals surface area (Å²) in [6.45, 7) is 4.39. The minimum absolute atomic E-state index is 0.301. The van der Waals surface area contributed by atoms with Crippen LogP contribution in [0, 0.1) is 13.8 Å². The van der Waals surface area contributed by atoms with Crippen molar-refractivity contribution < 1.29 is 0 Å². The molecule has 154 valence electrons. The van der Waals surface area contributed by atoms with E-state index in [0.29, 0.717) is 23.3 Å². The maximum Gasteiger partial charge on any atom is 0.336 e. The number of aromatic nitrogens is 3. The van der Waals surface area contributed by atoms with Crippen LogP contribution in [0.1, 0.15) is 16.7 Å². The molecule has 5 rings (SSSR count). The van der Waals surface area contributed by atoms with Crippen LogP contribution in [0.2, 0.25) is 0 Å². The highest BCUT2D eigenvalue weighted by Gasteiger charge is 2.21. The molecule has 5 heteroatoms. The van der Waals surface area contributed by atoms with Crippen LogP contribution >= 0.6 is 0 Å². The van der Waals surface area contributed by atoms with Gasteiger partial charge in [0.05, 0.1) is 23.3 Å². The van der Waals surface area contributed by atoms with Crippen molar-refractivity contribution in [2.24, 2.45) is 7.05 Å². The summed E-state index contributed by atoms with van der Waals surface area (Å²) in [5.41, 5.74) is 5.24. The van der Waals surface area contributed by atoms with Gasteiger partial charge in [-0.15, -0.1) is 0 Å². The third-order valence-electron chi connectivity index (χ3n) is 5.90. The first kappa shape index (κ1) is 19.1. The molecule has 0 aliphatic heterocycles. The van der Waals surface area contributed by atoms with Gasteiger partial charge in [0.2, 0.25) is 0 Å². The number of hydrogen-bond acceptors (Lipinski definition) is 2. The van der Waals surface area contributed by atoms with E-state index < -0.39 is 0 Å². The Labute approximate surface area is 179 Å². The molecule has 0 saturated heterocycles. The minimum Gasteiger partial charge on any atom is -0.338 e. The van der Waals surface area contributed by atoms with Gasteiger partial charge in [-0.2, -0.15) is 0 Å². The quantitative estimate of drug-likeness (QED) is 0.446. The second-order valence-electron chi connectivity index (χ2n) is 8.11. The van der Waals surface area contributed by atoms with Crippen molar-refractivity contribution in [3.8, 4) is 5.69 Å². The van der Waals surface area contributed by atoms with Crippen LogP contribution in [0.4, 0.5) is 0 Å². The molecule has 5 aromatic rings. The van der Waals surface area contributed by atoms with Gasteiger partial charge in [0.1, 0.15) is 5.52 Å². The SMILES string of the molecule is Cc1ccc(-n2c(=O)c3c(c4cc(C)ccc4n3C)n(Cc3ccccc3)c2=O)cc1. The Morgan fingerprint density at radius 3 is 2.16 bits per heavy atom. The lowest BCUT2D eigenvalue weighted by Crippen LogP contribution is -2.39. The van der Waals surface area contributed by atoms with Crippen molar-refractivity contribution in [2.45, 2.75) is 20.4 Å². The summed E-state index contributed by atoms with van der Waals surface area (Å²) in [4.78, 5) is 27.4. The van der Waals surface area contributed by atoms with Gasteiger partial charge in [-0.25, -0.2) is 9.36 Å². The predicted molar refractivity (Wildman–Crippen MR) is 125 cm³/mol. The Hall–Kier alpha value is -3.86. The fraction of sp³-hybridized carbons (Fsp3) is 0.154. The summed E-state index contributed by atoms with van der Waals surface area (Å²) in [6, 6.07) is 23.4. The summed E-state index contributed by atoms with van der Waals surface area (Å²) < 4.78 is 4.92. The highest BCUT2D eigenvalue weighted by molar-refractivity contribution is 6.06. The average molecular weight is 409 g/mol. The zero-order valence-corrected chi connectivity index (χ0v) is 17.8. The van der Waals surface area contributed by atoms with E-state index in [-0.39, 0.29) is 11.2 Å². The first-order valence-corrected chi connectivity index (χ1v) is 10.3. The largest absolute Gasteiger partial charge is 0.338 e. The van der Waals surface area contributed by atoms with Crippen molar-refractivity contribution in [1.29, 1.82) is 0 Å². The zero-order valence-electron chi connectivity index (χ0n) is 17.8. The van der Waals surface area contributed by atoms with E-state index in [1.165, 1.54) is 4.57 Å². The summed E-state index contributed by atoms with van der Waals surface area (Å²) in [7, 11) is 1.89. The number of fused-ring (bicyclic) bond motifs is 3. The number of rotatable bonds is 3. The summed E-state index contributed by atoms with van der Waals surface area (Å²) >= 11 is 0. The molecule has 2 aromatic heterocycles. The maximum atomic E-state index is 13.7. The zero-order chi connectivity index (χ0) is 21.7. The number of hydrogen-bond donors (Lipinski definition) is 0. The van der Waals surface area contributed by atoms with Crippen molar-refractivity contribution in [3.05, 3.63) is 110 Å². The first-order valence-electron chi connectivity index (χ1n) is 10.3. The van der Waals surface area contributed by atoms with E-state index in [1.54, 1.807) is 4.57 Å². The van der Waals surface area contributed by atoms with Crippen molar-refractivity contribution in [3.63, 3.8) is 0 Å². The van der Waals surface area contributed by atoms with E-state index in [9.17, 15) is 9.59 Å². The molecule has 5 nitrogen and oxygen atoms in total. The van der Waals surface area contributed by atoms with Gasteiger partial charge >= 0.3 is 5.69 Å². The lowest BCUT2D eigenvalue weighted by atomic mass is 10.1. The summed E-state index contributed by atoms with van der Waals surface area (Å²) in [5.74, 6) is 0. The lowest BCUT2D eigenvalue weighted by molar-refractivity contribution is 0.712. The molecule has 0 amide bonds. The van der Waals surface area contributed by atoms with E-state index >= 15 is 0 Å². The van der Waals surface area contributed by atoms with Gasteiger partial charge in [0, 0.05) is 12.4 Å². The number of benzene rings is 3. The first-order chi connectivity index (χ1) is 15.0. The lowest BCUT2D eigenvalue weighted by Gasteiger charge is -2.13. The van der Waals surface area contributed by atoms with Crippen molar-refractivity contribution in [1.82, 2.24) is 13.7 Å². The molecule has 0 unspecified atom stereocenters. The summed E-state index contributed by atoms with van der Waals surface area (Å²) in [6.07, 6.45) is 0. The third kappa shape index (κ3) is 3.01.